The average molecular weight is 408 g/mol. The fourth-order valence-electron chi connectivity index (χ4n) is 2.80. The number of likely N-dealkylation sites (tertiary alicyclic amines) is 1. The van der Waals surface area contributed by atoms with Crippen molar-refractivity contribution in [2.75, 3.05) is 13.1 Å². The molecule has 2 aliphatic rings. The van der Waals surface area contributed by atoms with Gasteiger partial charge in [0.2, 0.25) is 5.91 Å². The van der Waals surface area contributed by atoms with E-state index in [4.69, 9.17) is 0 Å². The zero-order chi connectivity index (χ0) is 13.6. The highest BCUT2D eigenvalue weighted by molar-refractivity contribution is 9.13. The molecule has 0 aromatic carbocycles. The van der Waals surface area contributed by atoms with Gasteiger partial charge >= 0.3 is 0 Å². The Bertz CT molecular complexity index is 526. The van der Waals surface area contributed by atoms with Crippen molar-refractivity contribution in [2.24, 2.45) is 5.92 Å². The van der Waals surface area contributed by atoms with E-state index in [1.165, 1.54) is 11.3 Å². The molecule has 1 aromatic heterocycles. The first kappa shape index (κ1) is 13.6. The van der Waals surface area contributed by atoms with Crippen LogP contribution >= 0.6 is 43.2 Å². The summed E-state index contributed by atoms with van der Waals surface area (Å²) in [5, 5.41) is 2.87. The molecule has 1 aromatic rings. The number of amides is 2. The lowest BCUT2D eigenvalue weighted by molar-refractivity contribution is -0.123. The summed E-state index contributed by atoms with van der Waals surface area (Å²) in [4.78, 5) is 26.8. The lowest BCUT2D eigenvalue weighted by atomic mass is 9.91. The van der Waals surface area contributed by atoms with Crippen molar-refractivity contribution < 1.29 is 9.59 Å². The number of piperidine rings is 1. The third-order valence-corrected chi connectivity index (χ3v) is 6.96. The topological polar surface area (TPSA) is 49.4 Å². The number of rotatable bonds is 1. The molecular formula is C12H12Br2N2O2S. The molecule has 2 unspecified atom stereocenters. The van der Waals surface area contributed by atoms with E-state index >= 15 is 0 Å². The molecule has 2 fully saturated rings. The normalized spacial score (nSPS) is 26.2. The summed E-state index contributed by atoms with van der Waals surface area (Å²) >= 11 is 8.23. The van der Waals surface area contributed by atoms with Crippen molar-refractivity contribution in [1.29, 1.82) is 0 Å². The molecule has 0 saturated carbocycles. The summed E-state index contributed by atoms with van der Waals surface area (Å²) in [6.07, 6.45) is 1.78. The van der Waals surface area contributed by atoms with Gasteiger partial charge in [0, 0.05) is 17.6 Å². The molecule has 102 valence electrons. The number of thiophene rings is 1. The van der Waals surface area contributed by atoms with E-state index < -0.39 is 0 Å². The molecule has 4 nitrogen and oxygen atoms in total. The maximum absolute atomic E-state index is 12.6. The van der Waals surface area contributed by atoms with Crippen LogP contribution < -0.4 is 5.32 Å². The molecule has 7 heteroatoms. The first-order valence-corrected chi connectivity index (χ1v) is 8.51. The summed E-state index contributed by atoms with van der Waals surface area (Å²) in [7, 11) is 0. The van der Waals surface area contributed by atoms with E-state index in [1.807, 2.05) is 11.0 Å². The highest BCUT2D eigenvalue weighted by Crippen LogP contribution is 2.35. The Kier molecular flexibility index (Phi) is 3.70. The monoisotopic (exact) mass is 406 g/mol. The molecule has 3 rings (SSSR count). The number of nitrogens with one attached hydrogen (secondary N) is 1. The molecule has 2 amide bonds. The van der Waals surface area contributed by atoms with Crippen LogP contribution in [0.1, 0.15) is 22.5 Å². The van der Waals surface area contributed by atoms with Gasteiger partial charge in [0.05, 0.1) is 20.6 Å². The molecule has 0 radical (unpaired) electrons. The largest absolute Gasteiger partial charge is 0.354 e. The average Bonchev–Trinajstić information content (AvgIpc) is 2.93. The number of carbonyl (C=O) groups is 2. The summed E-state index contributed by atoms with van der Waals surface area (Å²) < 4.78 is 1.82. The van der Waals surface area contributed by atoms with Crippen molar-refractivity contribution in [1.82, 2.24) is 10.2 Å². The van der Waals surface area contributed by atoms with Gasteiger partial charge in [0.1, 0.15) is 0 Å². The van der Waals surface area contributed by atoms with Crippen LogP contribution in [0.4, 0.5) is 0 Å². The summed E-state index contributed by atoms with van der Waals surface area (Å²) in [5.74, 6) is 0.100. The molecular weight excluding hydrogens is 396 g/mol. The minimum atomic E-state index is -0.0236. The van der Waals surface area contributed by atoms with Crippen LogP contribution in [0.5, 0.6) is 0 Å². The van der Waals surface area contributed by atoms with Gasteiger partial charge in [-0.25, -0.2) is 0 Å². The number of fused-ring (bicyclic) bond motifs is 1. The minimum absolute atomic E-state index is 0.0217. The Balaban J connectivity index is 1.85. The van der Waals surface area contributed by atoms with Crippen LogP contribution in [-0.2, 0) is 4.79 Å². The van der Waals surface area contributed by atoms with Crippen molar-refractivity contribution in [3.8, 4) is 0 Å². The summed E-state index contributed by atoms with van der Waals surface area (Å²) in [6.45, 7) is 1.32. The maximum atomic E-state index is 12.6. The second kappa shape index (κ2) is 5.18. The van der Waals surface area contributed by atoms with Gasteiger partial charge in [-0.3, -0.25) is 9.59 Å². The molecule has 2 aliphatic heterocycles. The van der Waals surface area contributed by atoms with Crippen molar-refractivity contribution in [2.45, 2.75) is 18.9 Å². The van der Waals surface area contributed by atoms with Gasteiger partial charge < -0.3 is 10.2 Å². The van der Waals surface area contributed by atoms with E-state index in [0.717, 1.165) is 27.6 Å². The Morgan fingerprint density at radius 1 is 1.47 bits per heavy atom. The van der Waals surface area contributed by atoms with Gasteiger partial charge in [0.15, 0.2) is 0 Å². The van der Waals surface area contributed by atoms with Crippen LogP contribution in [0.15, 0.2) is 14.3 Å². The molecule has 0 spiro atoms. The Morgan fingerprint density at radius 2 is 2.26 bits per heavy atom. The summed E-state index contributed by atoms with van der Waals surface area (Å²) in [5.41, 5.74) is 0. The molecule has 2 saturated heterocycles. The van der Waals surface area contributed by atoms with E-state index in [1.54, 1.807) is 0 Å². The number of hydrogen-bond donors (Lipinski definition) is 1. The standard InChI is InChI=1S/C12H12Br2N2O2S/c13-7-4-9(19-10(7)14)12(18)16-3-1-2-6-8(16)5-15-11(6)17/h4,6,8H,1-3,5H2,(H,15,17). The van der Waals surface area contributed by atoms with Gasteiger partial charge in [-0.2, -0.15) is 0 Å². The fourth-order valence-corrected chi connectivity index (χ4v) is 4.79. The van der Waals surface area contributed by atoms with E-state index in [9.17, 15) is 9.59 Å². The predicted molar refractivity (Wildman–Crippen MR) is 80.3 cm³/mol. The predicted octanol–water partition coefficient (Wildman–Crippen LogP) is 2.62. The number of halogens is 2. The van der Waals surface area contributed by atoms with Crippen molar-refractivity contribution in [3.05, 3.63) is 19.2 Å². The smallest absolute Gasteiger partial charge is 0.264 e. The second-order valence-corrected chi connectivity index (χ2v) is 8.02. The highest BCUT2D eigenvalue weighted by Gasteiger charge is 2.42. The van der Waals surface area contributed by atoms with Crippen molar-refractivity contribution >= 4 is 55.0 Å². The van der Waals surface area contributed by atoms with E-state index in [0.29, 0.717) is 11.4 Å². The van der Waals surface area contributed by atoms with Crippen molar-refractivity contribution in [3.63, 3.8) is 0 Å². The Hall–Kier alpha value is -0.400. The molecule has 19 heavy (non-hydrogen) atoms. The minimum Gasteiger partial charge on any atom is -0.354 e. The lowest BCUT2D eigenvalue weighted by Gasteiger charge is -2.35. The maximum Gasteiger partial charge on any atom is 0.264 e. The zero-order valence-electron chi connectivity index (χ0n) is 9.99. The fraction of sp³-hybridized carbons (Fsp3) is 0.500. The quantitative estimate of drug-likeness (QED) is 0.777. The van der Waals surface area contributed by atoms with E-state index in [-0.39, 0.29) is 23.8 Å². The Labute approximate surface area is 131 Å². The first-order chi connectivity index (χ1) is 9.08. The molecule has 1 N–H and O–H groups in total. The van der Waals surface area contributed by atoms with Gasteiger partial charge in [-0.1, -0.05) is 0 Å². The van der Waals surface area contributed by atoms with Gasteiger partial charge in [-0.05, 0) is 50.8 Å². The number of carbonyl (C=O) groups excluding carboxylic acids is 2. The first-order valence-electron chi connectivity index (χ1n) is 6.11. The van der Waals surface area contributed by atoms with Crippen LogP contribution in [0.25, 0.3) is 0 Å². The lowest BCUT2D eigenvalue weighted by Crippen LogP contribution is -2.48. The van der Waals surface area contributed by atoms with Gasteiger partial charge in [0.25, 0.3) is 5.91 Å². The van der Waals surface area contributed by atoms with Gasteiger partial charge in [-0.15, -0.1) is 11.3 Å². The van der Waals surface area contributed by atoms with E-state index in [2.05, 4.69) is 37.2 Å². The zero-order valence-corrected chi connectivity index (χ0v) is 14.0. The SMILES string of the molecule is O=C1NCC2C1CCCN2C(=O)c1cc(Br)c(Br)s1. The number of nitrogens with zero attached hydrogens (tertiary/aromatic N) is 1. The highest BCUT2D eigenvalue weighted by atomic mass is 79.9. The van der Waals surface area contributed by atoms with Crippen LogP contribution in [0, 0.1) is 5.92 Å². The molecule has 0 aliphatic carbocycles. The van der Waals surface area contributed by atoms with Crippen LogP contribution in [0.3, 0.4) is 0 Å². The summed E-state index contributed by atoms with van der Waals surface area (Å²) in [6, 6.07) is 1.86. The third-order valence-electron chi connectivity index (χ3n) is 3.72. The third kappa shape index (κ3) is 2.36. The van der Waals surface area contributed by atoms with Crippen LogP contribution in [-0.4, -0.2) is 35.8 Å². The number of hydrogen-bond acceptors (Lipinski definition) is 3. The molecule has 2 atom stereocenters. The molecule has 0 bridgehead atoms. The molecule has 3 heterocycles. The Morgan fingerprint density at radius 3 is 2.95 bits per heavy atom. The van der Waals surface area contributed by atoms with Crippen LogP contribution in [0.2, 0.25) is 0 Å². The second-order valence-electron chi connectivity index (χ2n) is 4.79.